The van der Waals surface area contributed by atoms with Crippen LogP contribution in [0.4, 0.5) is 5.82 Å². The second kappa shape index (κ2) is 5.58. The highest BCUT2D eigenvalue weighted by Gasteiger charge is 2.58. The van der Waals surface area contributed by atoms with Crippen LogP contribution in [-0.2, 0) is 14.4 Å². The van der Waals surface area contributed by atoms with Gasteiger partial charge in [0.15, 0.2) is 5.82 Å². The fraction of sp³-hybridized carbons (Fsp3) is 0.529. The van der Waals surface area contributed by atoms with Crippen LogP contribution in [-0.4, -0.2) is 39.4 Å². The molecule has 1 saturated heterocycles. The molecule has 2 bridgehead atoms. The lowest BCUT2D eigenvalue weighted by Crippen LogP contribution is -2.34. The fourth-order valence-electron chi connectivity index (χ4n) is 4.27. The number of rotatable bonds is 5. The van der Waals surface area contributed by atoms with Crippen molar-refractivity contribution in [3.63, 3.8) is 0 Å². The van der Waals surface area contributed by atoms with Crippen LogP contribution in [0.1, 0.15) is 25.0 Å². The Morgan fingerprint density at radius 3 is 2.54 bits per heavy atom. The first kappa shape index (κ1) is 15.1. The number of carbonyl (C=O) groups excluding carboxylic acids is 3. The van der Waals surface area contributed by atoms with Gasteiger partial charge < -0.3 is 5.32 Å². The van der Waals surface area contributed by atoms with Gasteiger partial charge in [0, 0.05) is 24.7 Å². The Bertz CT molecular complexity index is 708. The van der Waals surface area contributed by atoms with Crippen LogP contribution in [0.5, 0.6) is 0 Å². The number of hydrogen-bond donors (Lipinski definition) is 2. The number of H-pyrrole nitrogens is 1. The number of fused-ring (bicyclic) bond motifs is 5. The molecular formula is C17H20N4O3. The van der Waals surface area contributed by atoms with Crippen molar-refractivity contribution in [1.82, 2.24) is 15.1 Å². The molecule has 1 aromatic rings. The van der Waals surface area contributed by atoms with Gasteiger partial charge in [0.1, 0.15) is 0 Å². The Kier molecular flexibility index (Phi) is 3.51. The van der Waals surface area contributed by atoms with Gasteiger partial charge in [-0.15, -0.1) is 0 Å². The molecule has 2 N–H and O–H groups in total. The Balaban J connectivity index is 1.30. The average Bonchev–Trinajstić information content (AvgIpc) is 3.28. The summed E-state index contributed by atoms with van der Waals surface area (Å²) in [6.07, 6.45) is 5.82. The number of aromatic nitrogens is 2. The highest BCUT2D eigenvalue weighted by molar-refractivity contribution is 6.06. The van der Waals surface area contributed by atoms with E-state index in [4.69, 9.17) is 0 Å². The van der Waals surface area contributed by atoms with Crippen molar-refractivity contribution >= 4 is 23.5 Å². The number of imide groups is 1. The lowest BCUT2D eigenvalue weighted by atomic mass is 9.85. The Morgan fingerprint density at radius 2 is 1.96 bits per heavy atom. The van der Waals surface area contributed by atoms with Crippen molar-refractivity contribution in [1.29, 1.82) is 0 Å². The van der Waals surface area contributed by atoms with Crippen molar-refractivity contribution in [3.8, 4) is 0 Å². The number of aromatic amines is 1. The third kappa shape index (κ3) is 2.35. The summed E-state index contributed by atoms with van der Waals surface area (Å²) in [7, 11) is 0. The number of anilines is 1. The molecule has 4 rings (SSSR count). The van der Waals surface area contributed by atoms with Crippen molar-refractivity contribution in [3.05, 3.63) is 23.9 Å². The maximum atomic E-state index is 12.5. The molecule has 2 aliphatic carbocycles. The number of likely N-dealkylation sites (tertiary alicyclic amines) is 1. The molecule has 7 heteroatoms. The second-order valence-electron chi connectivity index (χ2n) is 6.92. The highest BCUT2D eigenvalue weighted by Crippen LogP contribution is 2.52. The summed E-state index contributed by atoms with van der Waals surface area (Å²) in [6, 6.07) is 1.75. The van der Waals surface area contributed by atoms with Crippen molar-refractivity contribution in [2.75, 3.05) is 11.9 Å². The van der Waals surface area contributed by atoms with Gasteiger partial charge in [-0.3, -0.25) is 24.4 Å². The standard InChI is InChI=1S/C17H20N4O3/c1-9-7-12(20-19-9)18-13(22)3-2-6-21-16(23)14-10-4-5-11(8-10)15(14)17(21)24/h4-5,7,10-11,14-15H,2-3,6,8H2,1H3,(H2,18,19,20,22). The molecule has 126 valence electrons. The third-order valence-electron chi connectivity index (χ3n) is 5.32. The largest absolute Gasteiger partial charge is 0.309 e. The molecule has 3 aliphatic rings. The number of nitrogens with one attached hydrogen (secondary N) is 2. The predicted molar refractivity (Wildman–Crippen MR) is 85.6 cm³/mol. The molecule has 4 atom stereocenters. The number of allylic oxidation sites excluding steroid dienone is 2. The van der Waals surface area contributed by atoms with Gasteiger partial charge in [0.2, 0.25) is 17.7 Å². The fourth-order valence-corrected chi connectivity index (χ4v) is 4.27. The number of aryl methyl sites for hydroxylation is 1. The summed E-state index contributed by atoms with van der Waals surface area (Å²) in [5, 5.41) is 9.39. The smallest absolute Gasteiger partial charge is 0.233 e. The molecule has 2 heterocycles. The van der Waals surface area contributed by atoms with E-state index in [1.165, 1.54) is 4.90 Å². The summed E-state index contributed by atoms with van der Waals surface area (Å²) >= 11 is 0. The molecule has 0 aromatic carbocycles. The molecule has 0 spiro atoms. The van der Waals surface area contributed by atoms with Crippen LogP contribution in [0.2, 0.25) is 0 Å². The number of carbonyl (C=O) groups is 3. The monoisotopic (exact) mass is 328 g/mol. The molecular weight excluding hydrogens is 308 g/mol. The van der Waals surface area contributed by atoms with E-state index in [-0.39, 0.29) is 47.8 Å². The van der Waals surface area contributed by atoms with Gasteiger partial charge in [-0.05, 0) is 31.6 Å². The van der Waals surface area contributed by atoms with Crippen molar-refractivity contribution in [2.24, 2.45) is 23.7 Å². The minimum atomic E-state index is -0.164. The zero-order valence-corrected chi connectivity index (χ0v) is 13.5. The average molecular weight is 328 g/mol. The minimum Gasteiger partial charge on any atom is -0.309 e. The maximum absolute atomic E-state index is 12.5. The molecule has 3 amide bonds. The van der Waals surface area contributed by atoms with Crippen LogP contribution in [0.3, 0.4) is 0 Å². The Labute approximate surface area is 139 Å². The number of hydrogen-bond acceptors (Lipinski definition) is 4. The predicted octanol–water partition coefficient (Wildman–Crippen LogP) is 1.24. The van der Waals surface area contributed by atoms with E-state index >= 15 is 0 Å². The molecule has 7 nitrogen and oxygen atoms in total. The summed E-state index contributed by atoms with van der Waals surface area (Å²) < 4.78 is 0. The van der Waals surface area contributed by atoms with Gasteiger partial charge in [0.05, 0.1) is 11.8 Å². The van der Waals surface area contributed by atoms with Crippen LogP contribution >= 0.6 is 0 Å². The molecule has 24 heavy (non-hydrogen) atoms. The quantitative estimate of drug-likeness (QED) is 0.628. The normalized spacial score (nSPS) is 30.3. The summed E-state index contributed by atoms with van der Waals surface area (Å²) in [5.41, 5.74) is 0.869. The lowest BCUT2D eigenvalue weighted by molar-refractivity contribution is -0.141. The van der Waals surface area contributed by atoms with Gasteiger partial charge in [-0.25, -0.2) is 0 Å². The zero-order chi connectivity index (χ0) is 16.8. The van der Waals surface area contributed by atoms with Gasteiger partial charge in [-0.2, -0.15) is 5.10 Å². The lowest BCUT2D eigenvalue weighted by Gasteiger charge is -2.16. The SMILES string of the molecule is Cc1cc(NC(=O)CCCN2C(=O)C3C4C=CC(C4)C3C2=O)n[nH]1. The molecule has 4 unspecified atom stereocenters. The van der Waals surface area contributed by atoms with E-state index in [2.05, 4.69) is 27.7 Å². The van der Waals surface area contributed by atoms with Crippen LogP contribution in [0.25, 0.3) is 0 Å². The van der Waals surface area contributed by atoms with E-state index < -0.39 is 0 Å². The summed E-state index contributed by atoms with van der Waals surface area (Å²) in [6.45, 7) is 2.17. The third-order valence-corrected chi connectivity index (χ3v) is 5.32. The van der Waals surface area contributed by atoms with E-state index in [1.807, 2.05) is 6.92 Å². The zero-order valence-electron chi connectivity index (χ0n) is 13.5. The first-order chi connectivity index (χ1) is 11.5. The molecule has 2 fully saturated rings. The first-order valence-corrected chi connectivity index (χ1v) is 8.40. The molecule has 0 radical (unpaired) electrons. The Hall–Kier alpha value is -2.44. The topological polar surface area (TPSA) is 95.2 Å². The van der Waals surface area contributed by atoms with E-state index in [0.29, 0.717) is 18.8 Å². The second-order valence-corrected chi connectivity index (χ2v) is 6.92. The number of nitrogens with zero attached hydrogens (tertiary/aromatic N) is 2. The van der Waals surface area contributed by atoms with Crippen molar-refractivity contribution in [2.45, 2.75) is 26.2 Å². The van der Waals surface area contributed by atoms with Gasteiger partial charge in [0.25, 0.3) is 0 Å². The van der Waals surface area contributed by atoms with Gasteiger partial charge in [-0.1, -0.05) is 12.2 Å². The highest BCUT2D eigenvalue weighted by atomic mass is 16.2. The molecule has 1 aromatic heterocycles. The molecule has 1 aliphatic heterocycles. The van der Waals surface area contributed by atoms with Gasteiger partial charge >= 0.3 is 0 Å². The first-order valence-electron chi connectivity index (χ1n) is 8.40. The van der Waals surface area contributed by atoms with E-state index in [1.54, 1.807) is 6.07 Å². The molecule has 1 saturated carbocycles. The minimum absolute atomic E-state index is 0.0508. The number of amides is 3. The van der Waals surface area contributed by atoms with Crippen LogP contribution < -0.4 is 5.32 Å². The van der Waals surface area contributed by atoms with E-state index in [9.17, 15) is 14.4 Å². The summed E-state index contributed by atoms with van der Waals surface area (Å²) in [5.74, 6) is 0.364. The van der Waals surface area contributed by atoms with Crippen LogP contribution in [0, 0.1) is 30.6 Å². The maximum Gasteiger partial charge on any atom is 0.233 e. The van der Waals surface area contributed by atoms with Crippen LogP contribution in [0.15, 0.2) is 18.2 Å². The Morgan fingerprint density at radius 1 is 1.29 bits per heavy atom. The van der Waals surface area contributed by atoms with Crippen molar-refractivity contribution < 1.29 is 14.4 Å². The van der Waals surface area contributed by atoms with E-state index in [0.717, 1.165) is 12.1 Å². The summed E-state index contributed by atoms with van der Waals surface area (Å²) in [4.78, 5) is 38.3.